The second-order valence-corrected chi connectivity index (χ2v) is 6.70. The van der Waals surface area contributed by atoms with Crippen molar-refractivity contribution in [3.05, 3.63) is 87.7 Å². The minimum Gasteiger partial charge on any atom is -0.322 e. The number of nitro benzene ring substituents is 1. The Morgan fingerprint density at radius 3 is 2.55 bits per heavy atom. The minimum absolute atomic E-state index is 0.0270. The maximum atomic E-state index is 12.8. The molecule has 4 aromatic rings. The highest BCUT2D eigenvalue weighted by molar-refractivity contribution is 6.08. The van der Waals surface area contributed by atoms with Crippen LogP contribution in [0.3, 0.4) is 0 Å². The summed E-state index contributed by atoms with van der Waals surface area (Å²) in [5.41, 5.74) is 4.74. The lowest BCUT2D eigenvalue weighted by atomic mass is 10.1. The molecule has 0 saturated heterocycles. The van der Waals surface area contributed by atoms with Crippen molar-refractivity contribution in [2.75, 3.05) is 5.32 Å². The number of nitrogens with zero attached hydrogens (tertiary/aromatic N) is 4. The first kappa shape index (κ1) is 18.3. The number of rotatable bonds is 4. The monoisotopic (exact) mass is 387 g/mol. The lowest BCUT2D eigenvalue weighted by Gasteiger charge is -2.08. The molecule has 0 atom stereocenters. The number of carbonyl (C=O) groups is 1. The van der Waals surface area contributed by atoms with Crippen LogP contribution in [0.25, 0.3) is 16.9 Å². The number of carbonyl (C=O) groups excluding carboxylic acids is 1. The second kappa shape index (κ2) is 7.16. The molecule has 8 heteroatoms. The van der Waals surface area contributed by atoms with E-state index in [-0.39, 0.29) is 11.6 Å². The fourth-order valence-corrected chi connectivity index (χ4v) is 3.09. The zero-order valence-corrected chi connectivity index (χ0v) is 15.8. The van der Waals surface area contributed by atoms with Crippen molar-refractivity contribution in [2.45, 2.75) is 13.8 Å². The number of non-ortho nitro benzene ring substituents is 1. The van der Waals surface area contributed by atoms with Gasteiger partial charge in [-0.15, -0.1) is 0 Å². The number of anilines is 1. The van der Waals surface area contributed by atoms with Gasteiger partial charge in [0.05, 0.1) is 16.8 Å². The molecule has 1 N–H and O–H groups in total. The SMILES string of the molecule is Cc1ccc(-c2ccnc3c(C(=O)Nc4ccc([N+](=O)[O-])cc4C)cnn23)cc1. The second-order valence-electron chi connectivity index (χ2n) is 6.70. The van der Waals surface area contributed by atoms with E-state index in [0.717, 1.165) is 16.8 Å². The van der Waals surface area contributed by atoms with Crippen molar-refractivity contribution in [3.63, 3.8) is 0 Å². The van der Waals surface area contributed by atoms with E-state index in [1.807, 2.05) is 37.3 Å². The lowest BCUT2D eigenvalue weighted by Crippen LogP contribution is -2.13. The summed E-state index contributed by atoms with van der Waals surface area (Å²) in [6.45, 7) is 3.72. The summed E-state index contributed by atoms with van der Waals surface area (Å²) in [5, 5.41) is 18.0. The average Bonchev–Trinajstić information content (AvgIpc) is 3.14. The topological polar surface area (TPSA) is 102 Å². The first-order valence-corrected chi connectivity index (χ1v) is 8.90. The quantitative estimate of drug-likeness (QED) is 0.418. The van der Waals surface area contributed by atoms with E-state index in [1.165, 1.54) is 24.4 Å². The predicted octanol–water partition coefficient (Wildman–Crippen LogP) is 4.17. The fraction of sp³-hybridized carbons (Fsp3) is 0.0952. The van der Waals surface area contributed by atoms with Crippen LogP contribution in [0.2, 0.25) is 0 Å². The molecule has 4 rings (SSSR count). The zero-order valence-electron chi connectivity index (χ0n) is 15.8. The molecule has 0 unspecified atom stereocenters. The number of hydrogen-bond acceptors (Lipinski definition) is 5. The molecule has 2 aromatic carbocycles. The minimum atomic E-state index is -0.472. The molecule has 0 aliphatic heterocycles. The Kier molecular flexibility index (Phi) is 4.52. The smallest absolute Gasteiger partial charge is 0.269 e. The summed E-state index contributed by atoms with van der Waals surface area (Å²) >= 11 is 0. The number of aromatic nitrogens is 3. The first-order chi connectivity index (χ1) is 13.9. The third-order valence-corrected chi connectivity index (χ3v) is 4.66. The number of amides is 1. The van der Waals surface area contributed by atoms with Gasteiger partial charge in [0.25, 0.3) is 11.6 Å². The lowest BCUT2D eigenvalue weighted by molar-refractivity contribution is -0.384. The van der Waals surface area contributed by atoms with Crippen molar-refractivity contribution in [3.8, 4) is 11.3 Å². The normalized spacial score (nSPS) is 10.8. The standard InChI is InChI=1S/C21H17N5O3/c1-13-3-5-15(6-4-13)19-9-10-22-20-17(12-23-25(19)20)21(27)24-18-8-7-16(26(28)29)11-14(18)2/h3-12H,1-2H3,(H,24,27). The summed E-state index contributed by atoms with van der Waals surface area (Å²) in [4.78, 5) is 27.5. The molecule has 0 bridgehead atoms. The van der Waals surface area contributed by atoms with Crippen LogP contribution < -0.4 is 5.32 Å². The molecular formula is C21H17N5O3. The van der Waals surface area contributed by atoms with Crippen molar-refractivity contribution in [1.82, 2.24) is 14.6 Å². The molecule has 1 amide bonds. The van der Waals surface area contributed by atoms with Gasteiger partial charge in [0.15, 0.2) is 5.65 Å². The van der Waals surface area contributed by atoms with Crippen molar-refractivity contribution >= 4 is 22.9 Å². The van der Waals surface area contributed by atoms with E-state index in [1.54, 1.807) is 17.6 Å². The molecule has 0 aliphatic rings. The van der Waals surface area contributed by atoms with Crippen LogP contribution in [0, 0.1) is 24.0 Å². The Balaban J connectivity index is 1.68. The van der Waals surface area contributed by atoms with Gasteiger partial charge < -0.3 is 5.32 Å². The van der Waals surface area contributed by atoms with Gasteiger partial charge in [0, 0.05) is 29.6 Å². The van der Waals surface area contributed by atoms with Crippen LogP contribution in [-0.2, 0) is 0 Å². The zero-order chi connectivity index (χ0) is 20.5. The molecule has 0 saturated carbocycles. The van der Waals surface area contributed by atoms with E-state index in [4.69, 9.17) is 0 Å². The van der Waals surface area contributed by atoms with E-state index in [2.05, 4.69) is 15.4 Å². The molecule has 0 radical (unpaired) electrons. The van der Waals surface area contributed by atoms with Crippen molar-refractivity contribution < 1.29 is 9.72 Å². The van der Waals surface area contributed by atoms with Crippen LogP contribution in [0.1, 0.15) is 21.5 Å². The van der Waals surface area contributed by atoms with Crippen molar-refractivity contribution in [2.24, 2.45) is 0 Å². The highest BCUT2D eigenvalue weighted by Crippen LogP contribution is 2.24. The molecule has 0 fully saturated rings. The van der Waals surface area contributed by atoms with Crippen LogP contribution in [0.4, 0.5) is 11.4 Å². The van der Waals surface area contributed by atoms with Crippen LogP contribution in [0.15, 0.2) is 60.9 Å². The number of fused-ring (bicyclic) bond motifs is 1. The van der Waals surface area contributed by atoms with E-state index < -0.39 is 4.92 Å². The van der Waals surface area contributed by atoms with Gasteiger partial charge in [0.2, 0.25) is 0 Å². The Hall–Kier alpha value is -4.07. The summed E-state index contributed by atoms with van der Waals surface area (Å²) in [7, 11) is 0. The molecule has 2 heterocycles. The van der Waals surface area contributed by atoms with Gasteiger partial charge in [-0.3, -0.25) is 14.9 Å². The molecule has 0 aliphatic carbocycles. The largest absolute Gasteiger partial charge is 0.322 e. The number of nitrogens with one attached hydrogen (secondary N) is 1. The van der Waals surface area contributed by atoms with Gasteiger partial charge in [-0.2, -0.15) is 5.10 Å². The Labute approximate surface area is 166 Å². The Morgan fingerprint density at radius 2 is 1.86 bits per heavy atom. The third kappa shape index (κ3) is 3.43. The number of aryl methyl sites for hydroxylation is 2. The fourth-order valence-electron chi connectivity index (χ4n) is 3.09. The molecule has 2 aromatic heterocycles. The van der Waals surface area contributed by atoms with Crippen LogP contribution in [0.5, 0.6) is 0 Å². The van der Waals surface area contributed by atoms with Crippen LogP contribution in [-0.4, -0.2) is 25.4 Å². The highest BCUT2D eigenvalue weighted by Gasteiger charge is 2.18. The van der Waals surface area contributed by atoms with E-state index in [0.29, 0.717) is 22.5 Å². The maximum Gasteiger partial charge on any atom is 0.269 e. The highest BCUT2D eigenvalue weighted by atomic mass is 16.6. The molecule has 0 spiro atoms. The summed E-state index contributed by atoms with van der Waals surface area (Å²) in [6, 6.07) is 14.1. The van der Waals surface area contributed by atoms with Gasteiger partial charge in [-0.1, -0.05) is 29.8 Å². The summed E-state index contributed by atoms with van der Waals surface area (Å²) in [5.74, 6) is -0.384. The molecule has 144 valence electrons. The first-order valence-electron chi connectivity index (χ1n) is 8.90. The van der Waals surface area contributed by atoms with Crippen molar-refractivity contribution in [1.29, 1.82) is 0 Å². The van der Waals surface area contributed by atoms with Gasteiger partial charge in [0.1, 0.15) is 5.56 Å². The van der Waals surface area contributed by atoms with Gasteiger partial charge in [-0.05, 0) is 31.5 Å². The Bertz CT molecular complexity index is 1250. The number of benzene rings is 2. The third-order valence-electron chi connectivity index (χ3n) is 4.66. The van der Waals surface area contributed by atoms with Gasteiger partial charge >= 0.3 is 0 Å². The molecular weight excluding hydrogens is 370 g/mol. The molecule has 29 heavy (non-hydrogen) atoms. The maximum absolute atomic E-state index is 12.8. The Morgan fingerprint density at radius 1 is 1.10 bits per heavy atom. The van der Waals surface area contributed by atoms with E-state index in [9.17, 15) is 14.9 Å². The van der Waals surface area contributed by atoms with E-state index >= 15 is 0 Å². The van der Waals surface area contributed by atoms with Gasteiger partial charge in [-0.25, -0.2) is 9.50 Å². The van der Waals surface area contributed by atoms with Crippen LogP contribution >= 0.6 is 0 Å². The summed E-state index contributed by atoms with van der Waals surface area (Å²) in [6.07, 6.45) is 3.11. The summed E-state index contributed by atoms with van der Waals surface area (Å²) < 4.78 is 1.63. The predicted molar refractivity (Wildman–Crippen MR) is 109 cm³/mol. The average molecular weight is 387 g/mol. The number of nitro groups is 1. The number of hydrogen-bond donors (Lipinski definition) is 1. The molecule has 8 nitrogen and oxygen atoms in total.